The second-order valence-corrected chi connectivity index (χ2v) is 7.43. The maximum absolute atomic E-state index is 15.0. The number of hydrogen-bond donors (Lipinski definition) is 2. The molecule has 1 heterocycles. The van der Waals surface area contributed by atoms with Crippen molar-refractivity contribution in [3.8, 4) is 5.75 Å². The zero-order valence-corrected chi connectivity index (χ0v) is 18.1. The molecule has 2 aromatic carbocycles. The molecule has 0 spiro atoms. The van der Waals surface area contributed by atoms with Crippen LogP contribution in [0.4, 0.5) is 42.5 Å². The summed E-state index contributed by atoms with van der Waals surface area (Å²) < 4.78 is 87.1. The lowest BCUT2D eigenvalue weighted by molar-refractivity contribution is -0.189. The minimum Gasteiger partial charge on any atom is -0.480 e. The van der Waals surface area contributed by atoms with Crippen molar-refractivity contribution < 1.29 is 40.7 Å². The van der Waals surface area contributed by atoms with Crippen molar-refractivity contribution in [1.82, 2.24) is 10.3 Å². The average molecular weight is 490 g/mol. The van der Waals surface area contributed by atoms with Crippen molar-refractivity contribution in [3.63, 3.8) is 0 Å². The number of carbonyl (C=O) groups excluding carboxylic acids is 2. The van der Waals surface area contributed by atoms with Crippen LogP contribution < -0.4 is 20.5 Å². The van der Waals surface area contributed by atoms with Gasteiger partial charge >= 0.3 is 12.2 Å². The van der Waals surface area contributed by atoms with Crippen LogP contribution in [-0.2, 0) is 0 Å². The highest BCUT2D eigenvalue weighted by Gasteiger charge is 2.40. The normalized spacial score (nSPS) is 17.2. The largest absolute Gasteiger partial charge is 0.480 e. The number of halogens is 6. The molecule has 3 rings (SSSR count). The molecule has 13 heteroatoms. The molecule has 1 aliphatic heterocycles. The summed E-state index contributed by atoms with van der Waals surface area (Å²) >= 11 is 0. The number of para-hydroxylation sites is 1. The van der Waals surface area contributed by atoms with E-state index in [0.29, 0.717) is 19.4 Å². The number of urea groups is 1. The van der Waals surface area contributed by atoms with E-state index in [2.05, 4.69) is 5.43 Å². The molecule has 1 saturated heterocycles. The molecule has 2 N–H and O–H groups in total. The molecule has 0 aliphatic carbocycles. The van der Waals surface area contributed by atoms with Crippen LogP contribution >= 0.6 is 0 Å². The van der Waals surface area contributed by atoms with Crippen LogP contribution in [0, 0.1) is 17.5 Å². The number of hydrogen-bond acceptors (Lipinski definition) is 4. The summed E-state index contributed by atoms with van der Waals surface area (Å²) in [6.45, 7) is 2.40. The van der Waals surface area contributed by atoms with Crippen molar-refractivity contribution in [2.75, 3.05) is 17.4 Å². The third-order valence-electron chi connectivity index (χ3n) is 5.13. The highest BCUT2D eigenvalue weighted by atomic mass is 19.4. The van der Waals surface area contributed by atoms with Gasteiger partial charge in [-0.1, -0.05) is 13.0 Å². The third kappa shape index (κ3) is 4.88. The highest BCUT2D eigenvalue weighted by molar-refractivity contribution is 6.07. The van der Waals surface area contributed by atoms with E-state index in [1.54, 1.807) is 6.92 Å². The Morgan fingerprint density at radius 2 is 1.79 bits per heavy atom. The first-order valence-corrected chi connectivity index (χ1v) is 10.0. The first kappa shape index (κ1) is 25.1. The van der Waals surface area contributed by atoms with E-state index in [1.807, 2.05) is 5.32 Å². The second kappa shape index (κ2) is 9.41. The van der Waals surface area contributed by atoms with E-state index >= 15 is 0 Å². The lowest BCUT2D eigenvalue weighted by atomic mass is 10.1. The van der Waals surface area contributed by atoms with Crippen LogP contribution in [0.25, 0.3) is 0 Å². The van der Waals surface area contributed by atoms with E-state index in [-0.39, 0.29) is 0 Å². The Balaban J connectivity index is 2.06. The fourth-order valence-corrected chi connectivity index (χ4v) is 3.16. The molecule has 0 radical (unpaired) electrons. The molecule has 184 valence electrons. The fourth-order valence-electron chi connectivity index (χ4n) is 3.16. The summed E-state index contributed by atoms with van der Waals surface area (Å²) in [5.41, 5.74) is 0.545. The summed E-state index contributed by atoms with van der Waals surface area (Å²) in [6, 6.07) is 3.28. The molecule has 34 heavy (non-hydrogen) atoms. The van der Waals surface area contributed by atoms with Crippen molar-refractivity contribution >= 4 is 23.3 Å². The van der Waals surface area contributed by atoms with Crippen LogP contribution in [0.3, 0.4) is 0 Å². The van der Waals surface area contributed by atoms with Crippen molar-refractivity contribution in [2.45, 2.75) is 38.7 Å². The third-order valence-corrected chi connectivity index (χ3v) is 5.13. The second-order valence-electron chi connectivity index (χ2n) is 7.43. The summed E-state index contributed by atoms with van der Waals surface area (Å²) in [5, 5.41) is 2.64. The molecule has 1 unspecified atom stereocenters. The summed E-state index contributed by atoms with van der Waals surface area (Å²) in [5.74, 6) is -5.57. The van der Waals surface area contributed by atoms with Crippen LogP contribution in [-0.4, -0.2) is 42.3 Å². The van der Waals surface area contributed by atoms with Gasteiger partial charge in [0.05, 0.1) is 5.56 Å². The number of alkyl halides is 3. The first-order valence-electron chi connectivity index (χ1n) is 10.0. The molecule has 0 aromatic heterocycles. The Kier molecular flexibility index (Phi) is 6.96. The fraction of sp³-hybridized carbons (Fsp3) is 0.333. The number of amides is 3. The van der Waals surface area contributed by atoms with E-state index in [4.69, 9.17) is 4.74 Å². The predicted molar refractivity (Wildman–Crippen MR) is 110 cm³/mol. The zero-order valence-electron chi connectivity index (χ0n) is 18.1. The van der Waals surface area contributed by atoms with Gasteiger partial charge in [0.25, 0.3) is 5.91 Å². The zero-order chi connectivity index (χ0) is 25.4. The summed E-state index contributed by atoms with van der Waals surface area (Å²) in [7, 11) is 1.44. The van der Waals surface area contributed by atoms with Gasteiger partial charge in [0.1, 0.15) is 40.7 Å². The van der Waals surface area contributed by atoms with Gasteiger partial charge in [-0.25, -0.2) is 28.4 Å². The lowest BCUT2D eigenvalue weighted by Crippen LogP contribution is -2.38. The van der Waals surface area contributed by atoms with E-state index in [1.165, 1.54) is 11.9 Å². The number of carbonyl (C=O) groups is 2. The van der Waals surface area contributed by atoms with E-state index in [9.17, 15) is 35.9 Å². The van der Waals surface area contributed by atoms with Crippen molar-refractivity contribution in [3.05, 3.63) is 53.3 Å². The van der Waals surface area contributed by atoms with Gasteiger partial charge in [-0.3, -0.25) is 4.79 Å². The summed E-state index contributed by atoms with van der Waals surface area (Å²) in [4.78, 5) is 26.4. The number of hydrazine groups is 1. The average Bonchev–Trinajstić information content (AvgIpc) is 3.04. The topological polar surface area (TPSA) is 73.9 Å². The molecule has 0 saturated carbocycles. The van der Waals surface area contributed by atoms with Gasteiger partial charge in [-0.2, -0.15) is 13.2 Å². The number of rotatable bonds is 6. The maximum atomic E-state index is 15.0. The molecular formula is C21H20F6N4O3. The van der Waals surface area contributed by atoms with Crippen LogP contribution in [0.2, 0.25) is 0 Å². The molecule has 2 aromatic rings. The molecular weight excluding hydrogens is 470 g/mol. The van der Waals surface area contributed by atoms with Crippen LogP contribution in [0.1, 0.15) is 30.6 Å². The van der Waals surface area contributed by atoms with Crippen LogP contribution in [0.5, 0.6) is 5.75 Å². The molecule has 2 atom stereocenters. The Labute approximate surface area is 190 Å². The van der Waals surface area contributed by atoms with Crippen molar-refractivity contribution in [2.24, 2.45) is 0 Å². The molecule has 7 nitrogen and oxygen atoms in total. The van der Waals surface area contributed by atoms with Gasteiger partial charge in [-0.15, -0.1) is 0 Å². The maximum Gasteiger partial charge on any atom is 0.425 e. The Bertz CT molecular complexity index is 1090. The molecule has 1 aliphatic rings. The first-order chi connectivity index (χ1) is 15.8. The van der Waals surface area contributed by atoms with E-state index in [0.717, 1.165) is 29.3 Å². The Hall–Kier alpha value is -3.48. The van der Waals surface area contributed by atoms with Gasteiger partial charge in [0.2, 0.25) is 0 Å². The molecule has 0 bridgehead atoms. The van der Waals surface area contributed by atoms with Gasteiger partial charge in [-0.05, 0) is 31.5 Å². The minimum absolute atomic E-state index is 0.434. The SMILES string of the molecule is CCC1NN(c2cc(O[C@@H](C)C(F)(F)F)c(C(=O)Nc3c(F)cccc3F)cc2F)C(=O)N1C. The van der Waals surface area contributed by atoms with Gasteiger partial charge in [0.15, 0.2) is 6.10 Å². The predicted octanol–water partition coefficient (Wildman–Crippen LogP) is 4.80. The minimum atomic E-state index is -4.85. The number of benzene rings is 2. The Morgan fingerprint density at radius 3 is 2.32 bits per heavy atom. The van der Waals surface area contributed by atoms with Gasteiger partial charge in [0, 0.05) is 13.1 Å². The quantitative estimate of drug-likeness (QED) is 0.571. The number of nitrogens with one attached hydrogen (secondary N) is 2. The van der Waals surface area contributed by atoms with Crippen molar-refractivity contribution in [1.29, 1.82) is 0 Å². The highest BCUT2D eigenvalue weighted by Crippen LogP contribution is 2.34. The smallest absolute Gasteiger partial charge is 0.425 e. The van der Waals surface area contributed by atoms with Gasteiger partial charge < -0.3 is 15.0 Å². The Morgan fingerprint density at radius 1 is 1.18 bits per heavy atom. The standard InChI is InChI=1S/C21H20F6N4O3/c1-4-17-29-31(20(33)30(17)3)15-9-16(34-10(2)21(25,26)27)11(8-14(15)24)19(32)28-18-12(22)6-5-7-13(18)23/h5-10,17,29H,4H2,1-3H3,(H,28,32)/t10-,17?/m0/s1. The number of nitrogens with zero attached hydrogens (tertiary/aromatic N) is 2. The number of anilines is 2. The summed E-state index contributed by atoms with van der Waals surface area (Å²) in [6.07, 6.45) is -7.37. The van der Waals surface area contributed by atoms with E-state index < -0.39 is 70.5 Å². The number of ether oxygens (including phenoxy) is 1. The lowest BCUT2D eigenvalue weighted by Gasteiger charge is -2.22. The molecule has 1 fully saturated rings. The monoisotopic (exact) mass is 490 g/mol. The van der Waals surface area contributed by atoms with Crippen LogP contribution in [0.15, 0.2) is 30.3 Å². The molecule has 3 amide bonds.